The van der Waals surface area contributed by atoms with Crippen LogP contribution in [0, 0.1) is 0 Å². The second-order valence-corrected chi connectivity index (χ2v) is 6.19. The fourth-order valence-corrected chi connectivity index (χ4v) is 3.03. The molecule has 1 fully saturated rings. The summed E-state index contributed by atoms with van der Waals surface area (Å²) < 4.78 is 11.4. The molecule has 0 saturated carbocycles. The van der Waals surface area contributed by atoms with Gasteiger partial charge >= 0.3 is 0 Å². The predicted molar refractivity (Wildman–Crippen MR) is 94.4 cm³/mol. The Kier molecular flexibility index (Phi) is 6.73. The molecule has 6 nitrogen and oxygen atoms in total. The lowest BCUT2D eigenvalue weighted by Gasteiger charge is -2.33. The molecule has 1 aromatic heterocycles. The van der Waals surface area contributed by atoms with Gasteiger partial charge in [-0.25, -0.2) is 9.97 Å². The number of aliphatic hydroxyl groups excluding tert-OH is 1. The highest BCUT2D eigenvalue weighted by molar-refractivity contribution is 5.28. The first kappa shape index (κ1) is 17.8. The molecule has 2 aromatic rings. The lowest BCUT2D eigenvalue weighted by atomic mass is 10.1. The van der Waals surface area contributed by atoms with Crippen molar-refractivity contribution >= 4 is 0 Å². The van der Waals surface area contributed by atoms with Gasteiger partial charge in [-0.05, 0) is 36.6 Å². The normalized spacial score (nSPS) is 18.2. The van der Waals surface area contributed by atoms with Gasteiger partial charge in [0.1, 0.15) is 18.7 Å². The lowest BCUT2D eigenvalue weighted by molar-refractivity contribution is -0.0346. The molecule has 1 aliphatic heterocycles. The molecule has 1 atom stereocenters. The van der Waals surface area contributed by atoms with E-state index in [2.05, 4.69) is 20.9 Å². The SMILES string of the molecule is OCCOc1cccc(CN2CCO[C@H](CCc3ccncn3)C2)c1. The summed E-state index contributed by atoms with van der Waals surface area (Å²) in [7, 11) is 0. The zero-order valence-electron chi connectivity index (χ0n) is 14.4. The Hall–Kier alpha value is -2.02. The summed E-state index contributed by atoms with van der Waals surface area (Å²) in [5.41, 5.74) is 2.27. The molecule has 0 bridgehead atoms. The molecular weight excluding hydrogens is 318 g/mol. The van der Waals surface area contributed by atoms with E-state index in [4.69, 9.17) is 14.6 Å². The Morgan fingerprint density at radius 1 is 1.32 bits per heavy atom. The number of rotatable bonds is 8. The third-order valence-corrected chi connectivity index (χ3v) is 4.25. The molecule has 1 aliphatic rings. The van der Waals surface area contributed by atoms with Crippen LogP contribution in [0.1, 0.15) is 17.7 Å². The van der Waals surface area contributed by atoms with Crippen LogP contribution < -0.4 is 4.74 Å². The smallest absolute Gasteiger partial charge is 0.119 e. The van der Waals surface area contributed by atoms with Crippen molar-refractivity contribution in [1.29, 1.82) is 0 Å². The maximum atomic E-state index is 8.86. The van der Waals surface area contributed by atoms with Gasteiger partial charge in [0.05, 0.1) is 19.3 Å². The highest BCUT2D eigenvalue weighted by atomic mass is 16.5. The summed E-state index contributed by atoms with van der Waals surface area (Å²) in [5.74, 6) is 0.806. The molecule has 1 saturated heterocycles. The van der Waals surface area contributed by atoms with Gasteiger partial charge in [-0.2, -0.15) is 0 Å². The average Bonchev–Trinajstić information content (AvgIpc) is 2.66. The first-order chi connectivity index (χ1) is 12.3. The minimum Gasteiger partial charge on any atom is -0.491 e. The fraction of sp³-hybridized carbons (Fsp3) is 0.474. The third kappa shape index (κ3) is 5.77. The minimum atomic E-state index is 0.0295. The molecule has 0 unspecified atom stereocenters. The Labute approximate surface area is 148 Å². The van der Waals surface area contributed by atoms with Gasteiger partial charge in [0.25, 0.3) is 0 Å². The van der Waals surface area contributed by atoms with Crippen molar-refractivity contribution in [3.63, 3.8) is 0 Å². The summed E-state index contributed by atoms with van der Waals surface area (Å²) >= 11 is 0. The van der Waals surface area contributed by atoms with E-state index in [1.54, 1.807) is 12.5 Å². The topological polar surface area (TPSA) is 67.7 Å². The van der Waals surface area contributed by atoms with Crippen LogP contribution in [0.4, 0.5) is 0 Å². The summed E-state index contributed by atoms with van der Waals surface area (Å²) in [4.78, 5) is 10.6. The van der Waals surface area contributed by atoms with Crippen LogP contribution in [0.15, 0.2) is 42.9 Å². The van der Waals surface area contributed by atoms with Crippen molar-refractivity contribution in [2.24, 2.45) is 0 Å². The van der Waals surface area contributed by atoms with Gasteiger partial charge in [0.15, 0.2) is 0 Å². The molecule has 25 heavy (non-hydrogen) atoms. The van der Waals surface area contributed by atoms with Crippen molar-refractivity contribution in [2.45, 2.75) is 25.5 Å². The van der Waals surface area contributed by atoms with E-state index < -0.39 is 0 Å². The van der Waals surface area contributed by atoms with E-state index in [0.29, 0.717) is 6.61 Å². The molecule has 1 aromatic carbocycles. The van der Waals surface area contributed by atoms with Crippen LogP contribution in [-0.2, 0) is 17.7 Å². The van der Waals surface area contributed by atoms with Crippen molar-refractivity contribution in [1.82, 2.24) is 14.9 Å². The quantitative estimate of drug-likeness (QED) is 0.787. The van der Waals surface area contributed by atoms with E-state index in [0.717, 1.165) is 50.5 Å². The Balaban J connectivity index is 1.49. The van der Waals surface area contributed by atoms with Crippen LogP contribution in [0.2, 0.25) is 0 Å². The van der Waals surface area contributed by atoms with Gasteiger partial charge in [0.2, 0.25) is 0 Å². The number of aromatic nitrogens is 2. The number of hydrogen-bond acceptors (Lipinski definition) is 6. The molecule has 0 aliphatic carbocycles. The maximum absolute atomic E-state index is 8.86. The molecule has 6 heteroatoms. The fourth-order valence-electron chi connectivity index (χ4n) is 3.03. The van der Waals surface area contributed by atoms with E-state index in [1.165, 1.54) is 5.56 Å². The predicted octanol–water partition coefficient (Wildman–Crippen LogP) is 1.68. The van der Waals surface area contributed by atoms with Crippen molar-refractivity contribution in [3.05, 3.63) is 54.1 Å². The molecule has 2 heterocycles. The Morgan fingerprint density at radius 2 is 2.28 bits per heavy atom. The van der Waals surface area contributed by atoms with Gasteiger partial charge in [-0.15, -0.1) is 0 Å². The van der Waals surface area contributed by atoms with Crippen LogP contribution in [0.5, 0.6) is 5.75 Å². The standard InChI is InChI=1S/C19H25N3O3/c23-9-11-25-18-3-1-2-16(12-18)13-22-8-10-24-19(14-22)5-4-17-6-7-20-15-21-17/h1-3,6-7,12,15,19,23H,4-5,8-11,13-14H2/t19-/m1/s1. The summed E-state index contributed by atoms with van der Waals surface area (Å²) in [6.07, 6.45) is 5.48. The van der Waals surface area contributed by atoms with Crippen LogP contribution in [-0.4, -0.2) is 59.0 Å². The Morgan fingerprint density at radius 3 is 3.12 bits per heavy atom. The van der Waals surface area contributed by atoms with Gasteiger partial charge in [0, 0.05) is 31.5 Å². The molecule has 3 rings (SSSR count). The van der Waals surface area contributed by atoms with Gasteiger partial charge in [-0.3, -0.25) is 4.90 Å². The number of aliphatic hydroxyl groups is 1. The van der Waals surface area contributed by atoms with Crippen molar-refractivity contribution in [2.75, 3.05) is 32.9 Å². The van der Waals surface area contributed by atoms with Crippen LogP contribution in [0.3, 0.4) is 0 Å². The molecule has 1 N–H and O–H groups in total. The summed E-state index contributed by atoms with van der Waals surface area (Å²) in [6, 6.07) is 10.0. The molecule has 134 valence electrons. The molecular formula is C19H25N3O3. The lowest BCUT2D eigenvalue weighted by Crippen LogP contribution is -2.42. The van der Waals surface area contributed by atoms with E-state index >= 15 is 0 Å². The molecule has 0 amide bonds. The zero-order valence-corrected chi connectivity index (χ0v) is 14.4. The van der Waals surface area contributed by atoms with E-state index in [-0.39, 0.29) is 12.7 Å². The number of ether oxygens (including phenoxy) is 2. The van der Waals surface area contributed by atoms with Gasteiger partial charge in [-0.1, -0.05) is 12.1 Å². The number of hydrogen-bond donors (Lipinski definition) is 1. The van der Waals surface area contributed by atoms with Crippen LogP contribution in [0.25, 0.3) is 0 Å². The molecule has 0 radical (unpaired) electrons. The first-order valence-corrected chi connectivity index (χ1v) is 8.75. The number of benzene rings is 1. The third-order valence-electron chi connectivity index (χ3n) is 4.25. The zero-order chi connectivity index (χ0) is 17.3. The second-order valence-electron chi connectivity index (χ2n) is 6.19. The maximum Gasteiger partial charge on any atom is 0.119 e. The largest absolute Gasteiger partial charge is 0.491 e. The van der Waals surface area contributed by atoms with E-state index in [9.17, 15) is 0 Å². The van der Waals surface area contributed by atoms with Crippen LogP contribution >= 0.6 is 0 Å². The summed E-state index contributed by atoms with van der Waals surface area (Å²) in [6.45, 7) is 3.85. The van der Waals surface area contributed by atoms with E-state index in [1.807, 2.05) is 24.3 Å². The monoisotopic (exact) mass is 343 g/mol. The number of aryl methyl sites for hydroxylation is 1. The number of nitrogens with zero attached hydrogens (tertiary/aromatic N) is 3. The second kappa shape index (κ2) is 9.46. The Bertz CT molecular complexity index is 639. The van der Waals surface area contributed by atoms with Crippen molar-refractivity contribution in [3.8, 4) is 5.75 Å². The molecule has 0 spiro atoms. The van der Waals surface area contributed by atoms with Gasteiger partial charge < -0.3 is 14.6 Å². The summed E-state index contributed by atoms with van der Waals surface area (Å²) in [5, 5.41) is 8.86. The average molecular weight is 343 g/mol. The highest BCUT2D eigenvalue weighted by Gasteiger charge is 2.20. The highest BCUT2D eigenvalue weighted by Crippen LogP contribution is 2.18. The first-order valence-electron chi connectivity index (χ1n) is 8.75. The number of morpholine rings is 1. The minimum absolute atomic E-state index is 0.0295. The van der Waals surface area contributed by atoms with Crippen molar-refractivity contribution < 1.29 is 14.6 Å².